The van der Waals surface area contributed by atoms with Gasteiger partial charge in [0.15, 0.2) is 0 Å². The third-order valence-corrected chi connectivity index (χ3v) is 5.82. The van der Waals surface area contributed by atoms with Crippen molar-refractivity contribution in [1.29, 1.82) is 0 Å². The van der Waals surface area contributed by atoms with Crippen LogP contribution in [0.4, 0.5) is 9.59 Å². The number of carbonyl (C=O) groups is 4. The van der Waals surface area contributed by atoms with Crippen molar-refractivity contribution in [2.24, 2.45) is 17.2 Å². The van der Waals surface area contributed by atoms with Crippen molar-refractivity contribution in [2.45, 2.75) is 44.2 Å². The SMILES string of the molecule is NCCCNC(=O)CCOCC(COCCC(=O)NCCCN)(COC(=O)NCCCN)NC(=O)OCc1ccccc1. The molecule has 1 aromatic rings. The maximum Gasteiger partial charge on any atom is 0.408 e. The second-order valence-electron chi connectivity index (χ2n) is 9.70. The Labute approximate surface area is 253 Å². The summed E-state index contributed by atoms with van der Waals surface area (Å²) >= 11 is 0. The van der Waals surface area contributed by atoms with E-state index in [2.05, 4.69) is 21.3 Å². The zero-order chi connectivity index (χ0) is 31.6. The van der Waals surface area contributed by atoms with Crippen molar-refractivity contribution >= 4 is 24.0 Å². The standard InChI is InChI=1S/C28H49N7O8/c29-11-4-14-32-24(36)9-17-40-20-28(22-43-26(38)34-16-6-13-31,21-41-18-10-25(37)33-15-5-12-30)35-27(39)42-19-23-7-2-1-3-8-23/h1-3,7-8H,4-6,9-22,29-31H2,(H,32,36)(H,33,37)(H,34,38)(H,35,39). The van der Waals surface area contributed by atoms with Crippen LogP contribution in [0.1, 0.15) is 37.7 Å². The lowest BCUT2D eigenvalue weighted by Crippen LogP contribution is -2.59. The predicted molar refractivity (Wildman–Crippen MR) is 160 cm³/mol. The quantitative estimate of drug-likeness (QED) is 0.0734. The topological polar surface area (TPSA) is 231 Å². The summed E-state index contributed by atoms with van der Waals surface area (Å²) in [5.74, 6) is -0.441. The number of hydrogen-bond acceptors (Lipinski definition) is 11. The van der Waals surface area contributed by atoms with Crippen molar-refractivity contribution < 1.29 is 38.1 Å². The molecule has 244 valence electrons. The monoisotopic (exact) mass is 611 g/mol. The highest BCUT2D eigenvalue weighted by Crippen LogP contribution is 2.12. The highest BCUT2D eigenvalue weighted by molar-refractivity contribution is 5.76. The molecule has 1 aromatic carbocycles. The first-order valence-corrected chi connectivity index (χ1v) is 14.5. The van der Waals surface area contributed by atoms with Crippen molar-refractivity contribution in [3.05, 3.63) is 35.9 Å². The molecule has 10 N–H and O–H groups in total. The number of benzene rings is 1. The number of amides is 4. The third-order valence-electron chi connectivity index (χ3n) is 5.82. The molecule has 15 nitrogen and oxygen atoms in total. The van der Waals surface area contributed by atoms with E-state index in [1.165, 1.54) is 0 Å². The van der Waals surface area contributed by atoms with Gasteiger partial charge in [-0.1, -0.05) is 30.3 Å². The van der Waals surface area contributed by atoms with Crippen LogP contribution >= 0.6 is 0 Å². The Morgan fingerprint density at radius 3 is 1.67 bits per heavy atom. The van der Waals surface area contributed by atoms with Gasteiger partial charge >= 0.3 is 12.2 Å². The van der Waals surface area contributed by atoms with Crippen molar-refractivity contribution in [3.8, 4) is 0 Å². The van der Waals surface area contributed by atoms with E-state index in [0.29, 0.717) is 58.5 Å². The number of carbonyl (C=O) groups excluding carboxylic acids is 4. The molecule has 0 fully saturated rings. The summed E-state index contributed by atoms with van der Waals surface area (Å²) in [6, 6.07) is 9.09. The summed E-state index contributed by atoms with van der Waals surface area (Å²) in [6.07, 6.45) is 0.442. The molecule has 0 aliphatic rings. The minimum atomic E-state index is -1.41. The molecule has 0 saturated heterocycles. The molecule has 0 radical (unpaired) electrons. The largest absolute Gasteiger partial charge is 0.447 e. The average Bonchev–Trinajstić information content (AvgIpc) is 3.00. The summed E-state index contributed by atoms with van der Waals surface area (Å²) < 4.78 is 22.3. The third kappa shape index (κ3) is 19.3. The minimum Gasteiger partial charge on any atom is -0.447 e. The van der Waals surface area contributed by atoms with Gasteiger partial charge in [-0.05, 0) is 44.5 Å². The van der Waals surface area contributed by atoms with Crippen molar-refractivity contribution in [3.63, 3.8) is 0 Å². The first-order chi connectivity index (χ1) is 20.8. The van der Waals surface area contributed by atoms with Crippen LogP contribution in [0.15, 0.2) is 30.3 Å². The lowest BCUT2D eigenvalue weighted by Gasteiger charge is -2.33. The van der Waals surface area contributed by atoms with Gasteiger partial charge in [0.2, 0.25) is 11.8 Å². The second kappa shape index (κ2) is 24.0. The molecule has 1 rings (SSSR count). The molecule has 0 bridgehead atoms. The molecule has 0 unspecified atom stereocenters. The van der Waals surface area contributed by atoms with Crippen LogP contribution in [0.5, 0.6) is 0 Å². The Hall–Kier alpha value is -3.50. The minimum absolute atomic E-state index is 0.00313. The van der Waals surface area contributed by atoms with Gasteiger partial charge in [-0.25, -0.2) is 9.59 Å². The summed E-state index contributed by atoms with van der Waals surface area (Å²) in [6.45, 7) is 1.81. The highest BCUT2D eigenvalue weighted by atomic mass is 16.6. The van der Waals surface area contributed by atoms with Gasteiger partial charge in [-0.15, -0.1) is 0 Å². The number of hydrogen-bond donors (Lipinski definition) is 7. The highest BCUT2D eigenvalue weighted by Gasteiger charge is 2.36. The summed E-state index contributed by atoms with van der Waals surface area (Å²) in [7, 11) is 0. The number of nitrogens with two attached hydrogens (primary N) is 3. The van der Waals surface area contributed by atoms with E-state index in [9.17, 15) is 19.2 Å². The predicted octanol–water partition coefficient (Wildman–Crippen LogP) is -0.530. The summed E-state index contributed by atoms with van der Waals surface area (Å²) in [4.78, 5) is 49.4. The number of alkyl carbamates (subject to hydrolysis) is 2. The Balaban J connectivity index is 2.92. The number of ether oxygens (including phenoxy) is 4. The van der Waals surface area contributed by atoms with E-state index in [-0.39, 0.29) is 64.3 Å². The number of nitrogens with one attached hydrogen (secondary N) is 4. The van der Waals surface area contributed by atoms with E-state index in [1.54, 1.807) is 12.1 Å². The van der Waals surface area contributed by atoms with Crippen LogP contribution in [0, 0.1) is 0 Å². The average molecular weight is 612 g/mol. The molecule has 43 heavy (non-hydrogen) atoms. The molecule has 0 atom stereocenters. The van der Waals surface area contributed by atoms with E-state index in [0.717, 1.165) is 5.56 Å². The Bertz CT molecular complexity index is 894. The molecule has 15 heteroatoms. The fraction of sp³-hybridized carbons (Fsp3) is 0.643. The smallest absolute Gasteiger partial charge is 0.408 e. The van der Waals surface area contributed by atoms with E-state index in [4.69, 9.17) is 36.1 Å². The Kier molecular flexibility index (Phi) is 20.9. The fourth-order valence-corrected chi connectivity index (χ4v) is 3.46. The van der Waals surface area contributed by atoms with Gasteiger partial charge in [0, 0.05) is 32.5 Å². The van der Waals surface area contributed by atoms with Gasteiger partial charge < -0.3 is 57.4 Å². The number of rotatable bonds is 24. The van der Waals surface area contributed by atoms with Crippen LogP contribution in [0.3, 0.4) is 0 Å². The normalized spacial score (nSPS) is 11.0. The van der Waals surface area contributed by atoms with Crippen molar-refractivity contribution in [1.82, 2.24) is 21.3 Å². The van der Waals surface area contributed by atoms with Gasteiger partial charge in [-0.2, -0.15) is 0 Å². The molecule has 0 aromatic heterocycles. The lowest BCUT2D eigenvalue weighted by molar-refractivity contribution is -0.122. The van der Waals surface area contributed by atoms with Crippen LogP contribution < -0.4 is 38.5 Å². The second-order valence-corrected chi connectivity index (χ2v) is 9.70. The van der Waals surface area contributed by atoms with E-state index < -0.39 is 17.7 Å². The van der Waals surface area contributed by atoms with Crippen LogP contribution in [0.2, 0.25) is 0 Å². The maximum atomic E-state index is 12.9. The van der Waals surface area contributed by atoms with Gasteiger partial charge in [0.05, 0.1) is 26.4 Å². The van der Waals surface area contributed by atoms with E-state index in [1.807, 2.05) is 18.2 Å². The van der Waals surface area contributed by atoms with Crippen LogP contribution in [0.25, 0.3) is 0 Å². The lowest BCUT2D eigenvalue weighted by atomic mass is 10.0. The Morgan fingerprint density at radius 2 is 1.16 bits per heavy atom. The van der Waals surface area contributed by atoms with Gasteiger partial charge in [0.25, 0.3) is 0 Å². The molecule has 0 aliphatic heterocycles. The molecular weight excluding hydrogens is 562 g/mol. The molecule has 0 spiro atoms. The summed E-state index contributed by atoms with van der Waals surface area (Å²) in [5, 5.41) is 10.8. The first kappa shape index (κ1) is 37.5. The maximum absolute atomic E-state index is 12.9. The fourth-order valence-electron chi connectivity index (χ4n) is 3.46. The zero-order valence-electron chi connectivity index (χ0n) is 24.9. The van der Waals surface area contributed by atoms with E-state index >= 15 is 0 Å². The first-order valence-electron chi connectivity index (χ1n) is 14.5. The molecule has 0 saturated carbocycles. The molecule has 0 heterocycles. The van der Waals surface area contributed by atoms with Crippen LogP contribution in [-0.4, -0.2) is 102 Å². The molecule has 0 aliphatic carbocycles. The van der Waals surface area contributed by atoms with Crippen molar-refractivity contribution in [2.75, 3.05) is 72.3 Å². The summed E-state index contributed by atoms with van der Waals surface area (Å²) in [5.41, 5.74) is 15.7. The van der Waals surface area contributed by atoms with Crippen LogP contribution in [-0.2, 0) is 35.1 Å². The molecule has 4 amide bonds. The Morgan fingerprint density at radius 1 is 0.651 bits per heavy atom. The van der Waals surface area contributed by atoms with Gasteiger partial charge in [0.1, 0.15) is 18.8 Å². The van der Waals surface area contributed by atoms with Gasteiger partial charge in [-0.3, -0.25) is 9.59 Å². The molecular formula is C28H49N7O8. The zero-order valence-corrected chi connectivity index (χ0v) is 24.9.